The van der Waals surface area contributed by atoms with Crippen LogP contribution in [0, 0.1) is 5.82 Å². The van der Waals surface area contributed by atoms with E-state index in [0.29, 0.717) is 16.5 Å². The Morgan fingerprint density at radius 1 is 1.43 bits per heavy atom. The SMILES string of the molecule is O=C(NCC(O)c1ccsc1)c1c[nH]c2cc(F)ccc12. The molecule has 0 fully saturated rings. The number of rotatable bonds is 4. The van der Waals surface area contributed by atoms with Crippen molar-refractivity contribution in [2.75, 3.05) is 6.54 Å². The van der Waals surface area contributed by atoms with Gasteiger partial charge in [-0.1, -0.05) is 0 Å². The quantitative estimate of drug-likeness (QED) is 0.694. The first-order chi connectivity index (χ1) is 10.1. The molecule has 0 aliphatic heterocycles. The first-order valence-electron chi connectivity index (χ1n) is 6.40. The van der Waals surface area contributed by atoms with Gasteiger partial charge < -0.3 is 15.4 Å². The van der Waals surface area contributed by atoms with Gasteiger partial charge in [0.15, 0.2) is 0 Å². The van der Waals surface area contributed by atoms with Crippen molar-refractivity contribution in [2.45, 2.75) is 6.10 Å². The minimum atomic E-state index is -0.733. The normalized spacial score (nSPS) is 12.5. The largest absolute Gasteiger partial charge is 0.387 e. The van der Waals surface area contributed by atoms with Crippen LogP contribution >= 0.6 is 11.3 Å². The Labute approximate surface area is 124 Å². The Morgan fingerprint density at radius 3 is 3.05 bits per heavy atom. The first-order valence-corrected chi connectivity index (χ1v) is 7.34. The Morgan fingerprint density at radius 2 is 2.29 bits per heavy atom. The molecule has 2 heterocycles. The molecule has 21 heavy (non-hydrogen) atoms. The van der Waals surface area contributed by atoms with Gasteiger partial charge in [-0.15, -0.1) is 0 Å². The van der Waals surface area contributed by atoms with Gasteiger partial charge in [-0.2, -0.15) is 11.3 Å². The van der Waals surface area contributed by atoms with Gasteiger partial charge in [0.2, 0.25) is 0 Å². The number of H-pyrrole nitrogens is 1. The van der Waals surface area contributed by atoms with E-state index in [4.69, 9.17) is 0 Å². The highest BCUT2D eigenvalue weighted by Crippen LogP contribution is 2.20. The van der Waals surface area contributed by atoms with E-state index in [1.54, 1.807) is 6.07 Å². The first kappa shape index (κ1) is 13.8. The van der Waals surface area contributed by atoms with Crippen LogP contribution in [0.1, 0.15) is 22.0 Å². The van der Waals surface area contributed by atoms with E-state index in [0.717, 1.165) is 5.56 Å². The molecule has 0 saturated heterocycles. The molecule has 3 N–H and O–H groups in total. The molecule has 1 amide bonds. The van der Waals surface area contributed by atoms with E-state index in [-0.39, 0.29) is 18.3 Å². The maximum Gasteiger partial charge on any atom is 0.253 e. The van der Waals surface area contributed by atoms with Crippen LogP contribution in [0.25, 0.3) is 10.9 Å². The van der Waals surface area contributed by atoms with Crippen molar-refractivity contribution in [3.05, 3.63) is 58.2 Å². The minimum absolute atomic E-state index is 0.128. The van der Waals surface area contributed by atoms with Crippen LogP contribution in [0.5, 0.6) is 0 Å². The number of carbonyl (C=O) groups excluding carboxylic acids is 1. The number of halogens is 1. The molecule has 108 valence electrons. The molecule has 0 aliphatic rings. The minimum Gasteiger partial charge on any atom is -0.387 e. The number of aromatic nitrogens is 1. The smallest absolute Gasteiger partial charge is 0.253 e. The number of hydrogen-bond donors (Lipinski definition) is 3. The fourth-order valence-electron chi connectivity index (χ4n) is 2.15. The van der Waals surface area contributed by atoms with Gasteiger partial charge in [0.25, 0.3) is 5.91 Å². The molecule has 3 aromatic rings. The summed E-state index contributed by atoms with van der Waals surface area (Å²) in [4.78, 5) is 15.0. The summed E-state index contributed by atoms with van der Waals surface area (Å²) >= 11 is 1.49. The monoisotopic (exact) mass is 304 g/mol. The number of nitrogens with one attached hydrogen (secondary N) is 2. The third-order valence-electron chi connectivity index (χ3n) is 3.27. The molecule has 0 spiro atoms. The van der Waals surface area contributed by atoms with Crippen molar-refractivity contribution in [1.82, 2.24) is 10.3 Å². The molecule has 3 rings (SSSR count). The molecule has 2 aromatic heterocycles. The van der Waals surface area contributed by atoms with Crippen molar-refractivity contribution in [3.8, 4) is 0 Å². The van der Waals surface area contributed by atoms with Crippen LogP contribution in [0.3, 0.4) is 0 Å². The lowest BCUT2D eigenvalue weighted by atomic mass is 10.1. The zero-order chi connectivity index (χ0) is 14.8. The van der Waals surface area contributed by atoms with Crippen LogP contribution in [0.2, 0.25) is 0 Å². The lowest BCUT2D eigenvalue weighted by Gasteiger charge is -2.10. The number of thiophene rings is 1. The molecule has 1 unspecified atom stereocenters. The molecule has 0 radical (unpaired) electrons. The lowest BCUT2D eigenvalue weighted by molar-refractivity contribution is 0.0918. The number of aromatic amines is 1. The van der Waals surface area contributed by atoms with Gasteiger partial charge in [0.1, 0.15) is 5.82 Å². The summed E-state index contributed by atoms with van der Waals surface area (Å²) in [5, 5.41) is 17.0. The molecule has 1 atom stereocenters. The number of amides is 1. The van der Waals surface area contributed by atoms with Gasteiger partial charge in [0.05, 0.1) is 11.7 Å². The number of aliphatic hydroxyl groups is 1. The second-order valence-electron chi connectivity index (χ2n) is 4.67. The molecule has 0 bridgehead atoms. The zero-order valence-electron chi connectivity index (χ0n) is 11.0. The van der Waals surface area contributed by atoms with E-state index in [9.17, 15) is 14.3 Å². The summed E-state index contributed by atoms with van der Waals surface area (Å²) in [6, 6.07) is 6.03. The van der Waals surface area contributed by atoms with Crippen LogP contribution in [0.4, 0.5) is 4.39 Å². The summed E-state index contributed by atoms with van der Waals surface area (Å²) in [5.74, 6) is -0.661. The molecule has 0 aliphatic carbocycles. The van der Waals surface area contributed by atoms with Crippen molar-refractivity contribution in [3.63, 3.8) is 0 Å². The van der Waals surface area contributed by atoms with E-state index in [2.05, 4.69) is 10.3 Å². The van der Waals surface area contributed by atoms with Crippen molar-refractivity contribution in [1.29, 1.82) is 0 Å². The fourth-order valence-corrected chi connectivity index (χ4v) is 2.86. The maximum atomic E-state index is 13.1. The number of benzene rings is 1. The Bertz CT molecular complexity index is 767. The summed E-state index contributed by atoms with van der Waals surface area (Å²) < 4.78 is 13.1. The van der Waals surface area contributed by atoms with Crippen molar-refractivity contribution < 1.29 is 14.3 Å². The predicted molar refractivity (Wildman–Crippen MR) is 79.9 cm³/mol. The summed E-state index contributed by atoms with van der Waals surface area (Å²) in [6.45, 7) is 0.128. The van der Waals surface area contributed by atoms with E-state index >= 15 is 0 Å². The van der Waals surface area contributed by atoms with Crippen LogP contribution in [0.15, 0.2) is 41.2 Å². The average molecular weight is 304 g/mol. The standard InChI is InChI=1S/C15H13FN2O2S/c16-10-1-2-11-12(6-17-13(11)5-10)15(20)18-7-14(19)9-3-4-21-8-9/h1-6,8,14,17,19H,7H2,(H,18,20). The Kier molecular flexibility index (Phi) is 3.72. The van der Waals surface area contributed by atoms with Gasteiger partial charge in [-0.25, -0.2) is 4.39 Å². The predicted octanol–water partition coefficient (Wildman–Crippen LogP) is 2.83. The molecule has 4 nitrogen and oxygen atoms in total. The van der Waals surface area contributed by atoms with Crippen LogP contribution in [-0.4, -0.2) is 22.5 Å². The molecular weight excluding hydrogens is 291 g/mol. The second kappa shape index (κ2) is 5.67. The van der Waals surface area contributed by atoms with Crippen LogP contribution < -0.4 is 5.32 Å². The van der Waals surface area contributed by atoms with Crippen LogP contribution in [-0.2, 0) is 0 Å². The molecule has 1 aromatic carbocycles. The van der Waals surface area contributed by atoms with E-state index in [1.165, 1.54) is 29.7 Å². The Hall–Kier alpha value is -2.18. The number of carbonyl (C=O) groups is 1. The number of hydrogen-bond acceptors (Lipinski definition) is 3. The highest BCUT2D eigenvalue weighted by Gasteiger charge is 2.14. The number of aliphatic hydroxyl groups excluding tert-OH is 1. The third-order valence-corrected chi connectivity index (χ3v) is 3.97. The fraction of sp³-hybridized carbons (Fsp3) is 0.133. The van der Waals surface area contributed by atoms with Gasteiger partial charge >= 0.3 is 0 Å². The highest BCUT2D eigenvalue weighted by molar-refractivity contribution is 7.07. The summed E-state index contributed by atoms with van der Waals surface area (Å²) in [7, 11) is 0. The lowest BCUT2D eigenvalue weighted by Crippen LogP contribution is -2.28. The van der Waals surface area contributed by atoms with E-state index in [1.807, 2.05) is 16.8 Å². The Balaban J connectivity index is 1.72. The zero-order valence-corrected chi connectivity index (χ0v) is 11.8. The highest BCUT2D eigenvalue weighted by atomic mass is 32.1. The van der Waals surface area contributed by atoms with Gasteiger partial charge in [0, 0.05) is 23.6 Å². The molecule has 0 saturated carbocycles. The molecular formula is C15H13FN2O2S. The maximum absolute atomic E-state index is 13.1. The summed E-state index contributed by atoms with van der Waals surface area (Å²) in [5.41, 5.74) is 1.78. The van der Waals surface area contributed by atoms with Crippen molar-refractivity contribution >= 4 is 28.1 Å². The topological polar surface area (TPSA) is 65.1 Å². The third kappa shape index (κ3) is 2.81. The molecule has 6 heteroatoms. The van der Waals surface area contributed by atoms with Gasteiger partial charge in [-0.05, 0) is 40.6 Å². The van der Waals surface area contributed by atoms with Gasteiger partial charge in [-0.3, -0.25) is 4.79 Å². The van der Waals surface area contributed by atoms with Crippen molar-refractivity contribution in [2.24, 2.45) is 0 Å². The van der Waals surface area contributed by atoms with E-state index < -0.39 is 6.10 Å². The summed E-state index contributed by atoms with van der Waals surface area (Å²) in [6.07, 6.45) is 0.805. The average Bonchev–Trinajstić information content (AvgIpc) is 3.13. The number of fused-ring (bicyclic) bond motifs is 1. The second-order valence-corrected chi connectivity index (χ2v) is 5.45.